The first-order valence-corrected chi connectivity index (χ1v) is 6.71. The molecule has 1 fully saturated rings. The minimum absolute atomic E-state index is 0.234. The predicted octanol–water partition coefficient (Wildman–Crippen LogP) is 1.18. The number of aromatic carboxylic acids is 1. The fourth-order valence-corrected chi connectivity index (χ4v) is 2.60. The van der Waals surface area contributed by atoms with Gasteiger partial charge in [0.25, 0.3) is 0 Å². The summed E-state index contributed by atoms with van der Waals surface area (Å²) in [7, 11) is 0. The molecule has 0 atom stereocenters. The fourth-order valence-electron chi connectivity index (χ4n) is 2.60. The number of pyridine rings is 1. The number of hydrogen-bond donors (Lipinski definition) is 2. The van der Waals surface area contributed by atoms with E-state index in [1.807, 2.05) is 0 Å². The number of nitrogens with zero attached hydrogens (tertiary/aromatic N) is 2. The molecule has 1 aromatic heterocycles. The Morgan fingerprint density at radius 3 is 2.55 bits per heavy atom. The lowest BCUT2D eigenvalue weighted by molar-refractivity contribution is -0.119. The van der Waals surface area contributed by atoms with Crippen molar-refractivity contribution in [1.29, 1.82) is 0 Å². The monoisotopic (exact) mass is 277 g/mol. The largest absolute Gasteiger partial charge is 0.478 e. The summed E-state index contributed by atoms with van der Waals surface area (Å²) in [4.78, 5) is 28.3. The van der Waals surface area contributed by atoms with Gasteiger partial charge >= 0.3 is 5.97 Å². The van der Waals surface area contributed by atoms with Crippen LogP contribution in [0.1, 0.15) is 35.3 Å². The van der Waals surface area contributed by atoms with Gasteiger partial charge in [0.15, 0.2) is 0 Å². The number of carbonyl (C=O) groups excluding carboxylic acids is 1. The lowest BCUT2D eigenvalue weighted by atomic mass is 9.93. The Labute approximate surface area is 117 Å². The minimum Gasteiger partial charge on any atom is -0.478 e. The van der Waals surface area contributed by atoms with Crippen LogP contribution in [0.3, 0.4) is 0 Å². The van der Waals surface area contributed by atoms with Crippen LogP contribution in [0.2, 0.25) is 0 Å². The first-order valence-electron chi connectivity index (χ1n) is 6.71. The summed E-state index contributed by atoms with van der Waals surface area (Å²) >= 11 is 0. The molecule has 1 amide bonds. The van der Waals surface area contributed by atoms with E-state index in [2.05, 4.69) is 9.88 Å². The van der Waals surface area contributed by atoms with Crippen molar-refractivity contribution in [1.82, 2.24) is 4.98 Å². The molecule has 0 radical (unpaired) electrons. The van der Waals surface area contributed by atoms with Gasteiger partial charge in [-0.25, -0.2) is 9.78 Å². The Morgan fingerprint density at radius 1 is 1.40 bits per heavy atom. The van der Waals surface area contributed by atoms with Gasteiger partial charge in [0, 0.05) is 19.5 Å². The summed E-state index contributed by atoms with van der Waals surface area (Å²) in [6, 6.07) is 3.33. The van der Waals surface area contributed by atoms with Crippen molar-refractivity contribution in [3.63, 3.8) is 0 Å². The molecule has 3 N–H and O–H groups in total. The van der Waals surface area contributed by atoms with Crippen molar-refractivity contribution in [2.24, 2.45) is 11.7 Å². The van der Waals surface area contributed by atoms with Crippen LogP contribution < -0.4 is 10.6 Å². The Kier molecular flexibility index (Phi) is 4.22. The summed E-state index contributed by atoms with van der Waals surface area (Å²) < 4.78 is 0. The number of carboxylic acids is 1. The smallest absolute Gasteiger partial charge is 0.337 e. The van der Waals surface area contributed by atoms with Crippen molar-refractivity contribution in [2.45, 2.75) is 26.2 Å². The van der Waals surface area contributed by atoms with Crippen molar-refractivity contribution in [3.05, 3.63) is 23.4 Å². The van der Waals surface area contributed by atoms with Crippen LogP contribution in [0.25, 0.3) is 0 Å². The van der Waals surface area contributed by atoms with E-state index in [1.165, 1.54) is 0 Å². The standard InChI is InChI=1S/C14H19N3O3/c1-9-11(14(19)20)2-3-13(16-9)17-6-4-10(5-7-17)8-12(15)18/h2-3,10H,4-8H2,1H3,(H2,15,18)(H,19,20). The second-order valence-corrected chi connectivity index (χ2v) is 5.21. The van der Waals surface area contributed by atoms with Gasteiger partial charge in [0.05, 0.1) is 11.3 Å². The summed E-state index contributed by atoms with van der Waals surface area (Å²) in [5.41, 5.74) is 5.97. The Balaban J connectivity index is 2.02. The van der Waals surface area contributed by atoms with Crippen LogP contribution >= 0.6 is 0 Å². The molecule has 0 bridgehead atoms. The molecular formula is C14H19N3O3. The van der Waals surface area contributed by atoms with E-state index < -0.39 is 5.97 Å². The topological polar surface area (TPSA) is 96.5 Å². The van der Waals surface area contributed by atoms with Gasteiger partial charge < -0.3 is 15.7 Å². The molecule has 6 nitrogen and oxygen atoms in total. The lowest BCUT2D eigenvalue weighted by Gasteiger charge is -2.32. The zero-order valence-electron chi connectivity index (χ0n) is 11.5. The number of aryl methyl sites for hydroxylation is 1. The number of primary amides is 1. The molecule has 0 saturated carbocycles. The third-order valence-corrected chi connectivity index (χ3v) is 3.73. The number of carbonyl (C=O) groups is 2. The maximum absolute atomic E-state index is 11.0. The third kappa shape index (κ3) is 3.26. The number of amides is 1. The van der Waals surface area contributed by atoms with Crippen LogP contribution in [-0.2, 0) is 4.79 Å². The molecule has 108 valence electrons. The molecule has 20 heavy (non-hydrogen) atoms. The van der Waals surface area contributed by atoms with Crippen molar-refractivity contribution in [2.75, 3.05) is 18.0 Å². The molecule has 1 aromatic rings. The van der Waals surface area contributed by atoms with Gasteiger partial charge in [-0.2, -0.15) is 0 Å². The quantitative estimate of drug-likeness (QED) is 0.861. The van der Waals surface area contributed by atoms with E-state index in [-0.39, 0.29) is 11.5 Å². The normalized spacial score (nSPS) is 16.1. The van der Waals surface area contributed by atoms with Crippen molar-refractivity contribution < 1.29 is 14.7 Å². The Morgan fingerprint density at radius 2 is 2.05 bits per heavy atom. The third-order valence-electron chi connectivity index (χ3n) is 3.73. The first-order chi connectivity index (χ1) is 9.47. The highest BCUT2D eigenvalue weighted by atomic mass is 16.4. The lowest BCUT2D eigenvalue weighted by Crippen LogP contribution is -2.35. The maximum atomic E-state index is 11.0. The van der Waals surface area contributed by atoms with E-state index in [4.69, 9.17) is 10.8 Å². The van der Waals surface area contributed by atoms with Gasteiger partial charge in [0.2, 0.25) is 5.91 Å². The molecule has 0 spiro atoms. The van der Waals surface area contributed by atoms with Gasteiger partial charge in [-0.1, -0.05) is 0 Å². The second kappa shape index (κ2) is 5.90. The molecule has 6 heteroatoms. The SMILES string of the molecule is Cc1nc(N2CCC(CC(N)=O)CC2)ccc1C(=O)O. The van der Waals surface area contributed by atoms with E-state index in [0.717, 1.165) is 31.7 Å². The predicted molar refractivity (Wildman–Crippen MR) is 74.7 cm³/mol. The molecular weight excluding hydrogens is 258 g/mol. The number of hydrogen-bond acceptors (Lipinski definition) is 4. The number of carboxylic acid groups (broad SMARTS) is 1. The van der Waals surface area contributed by atoms with Crippen LogP contribution in [-0.4, -0.2) is 35.1 Å². The molecule has 1 saturated heterocycles. The van der Waals surface area contributed by atoms with Gasteiger partial charge in [-0.3, -0.25) is 4.79 Å². The highest BCUT2D eigenvalue weighted by molar-refractivity contribution is 5.89. The number of anilines is 1. The molecule has 2 rings (SSSR count). The average molecular weight is 277 g/mol. The van der Waals surface area contributed by atoms with Gasteiger partial charge in [-0.05, 0) is 37.8 Å². The number of rotatable bonds is 4. The van der Waals surface area contributed by atoms with Crippen molar-refractivity contribution >= 4 is 17.7 Å². The summed E-state index contributed by atoms with van der Waals surface area (Å²) in [6.07, 6.45) is 2.26. The van der Waals surface area contributed by atoms with E-state index in [1.54, 1.807) is 19.1 Å². The Bertz CT molecular complexity index is 522. The van der Waals surface area contributed by atoms with Crippen LogP contribution in [0.15, 0.2) is 12.1 Å². The number of aromatic nitrogens is 1. The van der Waals surface area contributed by atoms with Crippen LogP contribution in [0.5, 0.6) is 0 Å². The maximum Gasteiger partial charge on any atom is 0.337 e. The Hall–Kier alpha value is -2.11. The molecule has 2 heterocycles. The fraction of sp³-hybridized carbons (Fsp3) is 0.500. The van der Waals surface area contributed by atoms with Gasteiger partial charge in [-0.15, -0.1) is 0 Å². The molecule has 0 aromatic carbocycles. The van der Waals surface area contributed by atoms with Crippen LogP contribution in [0.4, 0.5) is 5.82 Å². The zero-order valence-corrected chi connectivity index (χ0v) is 11.5. The molecule has 0 aliphatic carbocycles. The number of nitrogens with two attached hydrogens (primary N) is 1. The average Bonchev–Trinajstić information content (AvgIpc) is 2.38. The van der Waals surface area contributed by atoms with Crippen molar-refractivity contribution in [3.8, 4) is 0 Å². The first kappa shape index (κ1) is 14.3. The molecule has 1 aliphatic heterocycles. The van der Waals surface area contributed by atoms with Crippen LogP contribution in [0, 0.1) is 12.8 Å². The molecule has 1 aliphatic rings. The highest BCUT2D eigenvalue weighted by Crippen LogP contribution is 2.24. The minimum atomic E-state index is -0.957. The van der Waals surface area contributed by atoms with E-state index >= 15 is 0 Å². The number of piperidine rings is 1. The highest BCUT2D eigenvalue weighted by Gasteiger charge is 2.22. The summed E-state index contributed by atoms with van der Waals surface area (Å²) in [5.74, 6) is -0.0573. The van der Waals surface area contributed by atoms with E-state index in [9.17, 15) is 9.59 Å². The summed E-state index contributed by atoms with van der Waals surface area (Å²) in [6.45, 7) is 3.33. The molecule has 0 unspecified atom stereocenters. The van der Waals surface area contributed by atoms with E-state index in [0.29, 0.717) is 18.0 Å². The summed E-state index contributed by atoms with van der Waals surface area (Å²) in [5, 5.41) is 8.99. The zero-order chi connectivity index (χ0) is 14.7. The van der Waals surface area contributed by atoms with Gasteiger partial charge in [0.1, 0.15) is 5.82 Å². The second-order valence-electron chi connectivity index (χ2n) is 5.21.